The first-order chi connectivity index (χ1) is 10.1. The Morgan fingerprint density at radius 2 is 2.14 bits per heavy atom. The standard InChI is InChI=1S/C14H13FN4OS/c1-9-12(13(20)18-14-16-6-7-21-14)8-17-19(9)11-4-2-10(15)3-5-11/h2-5,8H,6-7H2,1H3,(H,16,18,20). The Hall–Kier alpha value is -2.15. The number of halogens is 1. The first-order valence-electron chi connectivity index (χ1n) is 6.44. The van der Waals surface area contributed by atoms with E-state index in [9.17, 15) is 9.18 Å². The van der Waals surface area contributed by atoms with Crippen molar-refractivity contribution in [2.75, 3.05) is 12.3 Å². The number of thioether (sulfide) groups is 1. The highest BCUT2D eigenvalue weighted by atomic mass is 32.2. The average molecular weight is 304 g/mol. The van der Waals surface area contributed by atoms with Crippen LogP contribution in [0.1, 0.15) is 16.1 Å². The molecule has 7 heteroatoms. The second kappa shape index (κ2) is 5.69. The van der Waals surface area contributed by atoms with E-state index in [1.54, 1.807) is 23.7 Å². The van der Waals surface area contributed by atoms with Crippen LogP contribution in [-0.2, 0) is 0 Å². The summed E-state index contributed by atoms with van der Waals surface area (Å²) >= 11 is 1.53. The number of amidine groups is 1. The maximum atomic E-state index is 13.0. The summed E-state index contributed by atoms with van der Waals surface area (Å²) in [6.45, 7) is 2.53. The van der Waals surface area contributed by atoms with Crippen LogP contribution in [0.3, 0.4) is 0 Å². The van der Waals surface area contributed by atoms with Crippen molar-refractivity contribution in [3.05, 3.63) is 47.5 Å². The third kappa shape index (κ3) is 2.82. The number of rotatable bonds is 2. The minimum absolute atomic E-state index is 0.228. The maximum Gasteiger partial charge on any atom is 0.260 e. The van der Waals surface area contributed by atoms with E-state index in [0.717, 1.165) is 12.3 Å². The number of carbonyl (C=O) groups excluding carboxylic acids is 1. The van der Waals surface area contributed by atoms with Crippen LogP contribution in [0.25, 0.3) is 5.69 Å². The molecule has 1 aliphatic rings. The number of hydrogen-bond acceptors (Lipinski definition) is 4. The Balaban J connectivity index is 1.84. The molecule has 21 heavy (non-hydrogen) atoms. The van der Waals surface area contributed by atoms with Gasteiger partial charge in [0.15, 0.2) is 5.17 Å². The van der Waals surface area contributed by atoms with Crippen LogP contribution in [0.4, 0.5) is 4.39 Å². The highest BCUT2D eigenvalue weighted by Crippen LogP contribution is 2.16. The molecular weight excluding hydrogens is 291 g/mol. The fraction of sp³-hybridized carbons (Fsp3) is 0.214. The van der Waals surface area contributed by atoms with Gasteiger partial charge in [0.25, 0.3) is 5.91 Å². The predicted molar refractivity (Wildman–Crippen MR) is 80.5 cm³/mol. The number of aromatic nitrogens is 2. The minimum Gasteiger partial charge on any atom is -0.301 e. The SMILES string of the molecule is Cc1c(C(=O)NC2=NCCS2)cnn1-c1ccc(F)cc1. The van der Waals surface area contributed by atoms with Crippen molar-refractivity contribution in [2.24, 2.45) is 4.99 Å². The van der Waals surface area contributed by atoms with Crippen LogP contribution in [0, 0.1) is 12.7 Å². The normalized spacial score (nSPS) is 14.1. The Morgan fingerprint density at radius 1 is 1.38 bits per heavy atom. The molecule has 2 heterocycles. The van der Waals surface area contributed by atoms with Crippen LogP contribution >= 0.6 is 11.8 Å². The highest BCUT2D eigenvalue weighted by molar-refractivity contribution is 8.14. The number of benzene rings is 1. The number of carbonyl (C=O) groups is 1. The molecule has 3 rings (SSSR count). The van der Waals surface area contributed by atoms with Gasteiger partial charge in [-0.2, -0.15) is 5.10 Å². The lowest BCUT2D eigenvalue weighted by Gasteiger charge is -2.06. The summed E-state index contributed by atoms with van der Waals surface area (Å²) < 4.78 is 14.6. The molecule has 5 nitrogen and oxygen atoms in total. The van der Waals surface area contributed by atoms with Gasteiger partial charge in [-0.1, -0.05) is 11.8 Å². The molecule has 0 bridgehead atoms. The number of hydrogen-bond donors (Lipinski definition) is 1. The summed E-state index contributed by atoms with van der Waals surface area (Å²) in [7, 11) is 0. The van der Waals surface area contributed by atoms with Crippen molar-refractivity contribution in [3.8, 4) is 5.69 Å². The van der Waals surface area contributed by atoms with E-state index < -0.39 is 0 Å². The smallest absolute Gasteiger partial charge is 0.260 e. The van der Waals surface area contributed by atoms with E-state index in [1.807, 2.05) is 0 Å². The van der Waals surface area contributed by atoms with Crippen LogP contribution in [0.5, 0.6) is 0 Å². The number of amides is 1. The molecule has 0 radical (unpaired) electrons. The fourth-order valence-electron chi connectivity index (χ4n) is 2.05. The first kappa shape index (κ1) is 13.8. The molecule has 0 spiro atoms. The van der Waals surface area contributed by atoms with Crippen molar-refractivity contribution < 1.29 is 9.18 Å². The Kier molecular flexibility index (Phi) is 3.74. The first-order valence-corrected chi connectivity index (χ1v) is 7.43. The topological polar surface area (TPSA) is 59.3 Å². The molecule has 0 saturated heterocycles. The van der Waals surface area contributed by atoms with Crippen molar-refractivity contribution in [2.45, 2.75) is 6.92 Å². The van der Waals surface area contributed by atoms with Crippen LogP contribution in [0.15, 0.2) is 35.5 Å². The quantitative estimate of drug-likeness (QED) is 0.925. The summed E-state index contributed by atoms with van der Waals surface area (Å²) in [5.41, 5.74) is 1.89. The number of nitrogens with one attached hydrogen (secondary N) is 1. The zero-order chi connectivity index (χ0) is 14.8. The Labute approximate surface area is 125 Å². The lowest BCUT2D eigenvalue weighted by molar-refractivity contribution is 0.0977. The van der Waals surface area contributed by atoms with Gasteiger partial charge >= 0.3 is 0 Å². The van der Waals surface area contributed by atoms with E-state index in [4.69, 9.17) is 0 Å². The third-order valence-electron chi connectivity index (χ3n) is 3.13. The second-order valence-corrected chi connectivity index (χ2v) is 5.60. The lowest BCUT2D eigenvalue weighted by Crippen LogP contribution is -2.27. The van der Waals surface area contributed by atoms with Gasteiger partial charge in [-0.25, -0.2) is 9.07 Å². The molecular formula is C14H13FN4OS. The Morgan fingerprint density at radius 3 is 2.81 bits per heavy atom. The van der Waals surface area contributed by atoms with Gasteiger partial charge in [0.05, 0.1) is 29.7 Å². The zero-order valence-corrected chi connectivity index (χ0v) is 12.2. The Bertz CT molecular complexity index is 708. The lowest BCUT2D eigenvalue weighted by atomic mass is 10.2. The summed E-state index contributed by atoms with van der Waals surface area (Å²) in [5, 5.41) is 7.62. The van der Waals surface area contributed by atoms with Crippen molar-refractivity contribution >= 4 is 22.8 Å². The number of aliphatic imine (C=N–C) groups is 1. The van der Waals surface area contributed by atoms with Gasteiger partial charge in [-0.15, -0.1) is 0 Å². The van der Waals surface area contributed by atoms with Gasteiger partial charge in [0.2, 0.25) is 0 Å². The monoisotopic (exact) mass is 304 g/mol. The summed E-state index contributed by atoms with van der Waals surface area (Å²) in [6.07, 6.45) is 1.51. The van der Waals surface area contributed by atoms with E-state index >= 15 is 0 Å². The van der Waals surface area contributed by atoms with Crippen molar-refractivity contribution in [3.63, 3.8) is 0 Å². The van der Waals surface area contributed by atoms with E-state index in [2.05, 4.69) is 15.4 Å². The predicted octanol–water partition coefficient (Wildman–Crippen LogP) is 2.15. The molecule has 0 fully saturated rings. The summed E-state index contributed by atoms with van der Waals surface area (Å²) in [5.74, 6) is 0.357. The zero-order valence-electron chi connectivity index (χ0n) is 11.3. The minimum atomic E-state index is -0.308. The fourth-order valence-corrected chi connectivity index (χ4v) is 2.77. The van der Waals surface area contributed by atoms with Crippen LogP contribution in [0.2, 0.25) is 0 Å². The molecule has 1 amide bonds. The third-order valence-corrected chi connectivity index (χ3v) is 4.02. The molecule has 108 valence electrons. The summed E-state index contributed by atoms with van der Waals surface area (Å²) in [6, 6.07) is 5.96. The van der Waals surface area contributed by atoms with Crippen molar-refractivity contribution in [1.82, 2.24) is 15.1 Å². The van der Waals surface area contributed by atoms with Gasteiger partial charge in [-0.05, 0) is 31.2 Å². The molecule has 2 aromatic rings. The molecule has 1 aromatic carbocycles. The van der Waals surface area contributed by atoms with Gasteiger partial charge < -0.3 is 5.32 Å². The number of nitrogens with zero attached hydrogens (tertiary/aromatic N) is 3. The molecule has 0 aliphatic carbocycles. The van der Waals surface area contributed by atoms with E-state index in [1.165, 1.54) is 30.1 Å². The van der Waals surface area contributed by atoms with Gasteiger partial charge in [-0.3, -0.25) is 9.79 Å². The molecule has 1 aliphatic heterocycles. The van der Waals surface area contributed by atoms with E-state index in [0.29, 0.717) is 22.1 Å². The molecule has 1 N–H and O–H groups in total. The molecule has 0 saturated carbocycles. The average Bonchev–Trinajstić information content (AvgIpc) is 3.09. The van der Waals surface area contributed by atoms with Crippen LogP contribution < -0.4 is 5.32 Å². The van der Waals surface area contributed by atoms with Gasteiger partial charge in [0.1, 0.15) is 5.82 Å². The largest absolute Gasteiger partial charge is 0.301 e. The maximum absolute atomic E-state index is 13.0. The molecule has 0 unspecified atom stereocenters. The second-order valence-electron chi connectivity index (χ2n) is 4.52. The molecule has 0 atom stereocenters. The molecule has 1 aromatic heterocycles. The van der Waals surface area contributed by atoms with Crippen molar-refractivity contribution in [1.29, 1.82) is 0 Å². The highest BCUT2D eigenvalue weighted by Gasteiger charge is 2.18. The van der Waals surface area contributed by atoms with E-state index in [-0.39, 0.29) is 11.7 Å². The van der Waals surface area contributed by atoms with Crippen LogP contribution in [-0.4, -0.2) is 33.2 Å². The summed E-state index contributed by atoms with van der Waals surface area (Å²) in [4.78, 5) is 16.4. The van der Waals surface area contributed by atoms with Gasteiger partial charge in [0, 0.05) is 5.75 Å².